The largest absolute Gasteiger partial charge is 0.507 e. The van der Waals surface area contributed by atoms with Gasteiger partial charge in [-0.1, -0.05) is 19.1 Å². The Bertz CT molecular complexity index is 307. The molecule has 1 atom stereocenters. The van der Waals surface area contributed by atoms with Gasteiger partial charge in [0, 0.05) is 11.6 Å². The predicted octanol–water partition coefficient (Wildman–Crippen LogP) is 2.42. The molecular formula is C11H17NO. The molecule has 0 aliphatic heterocycles. The Morgan fingerprint density at radius 1 is 1.31 bits per heavy atom. The first-order valence-corrected chi connectivity index (χ1v) is 4.62. The molecule has 0 saturated carbocycles. The number of phenols is 1. The summed E-state index contributed by atoms with van der Waals surface area (Å²) in [6, 6.07) is 3.86. The van der Waals surface area contributed by atoms with Gasteiger partial charge < -0.3 is 10.8 Å². The van der Waals surface area contributed by atoms with Crippen LogP contribution in [0.3, 0.4) is 0 Å². The monoisotopic (exact) mass is 179 g/mol. The normalized spacial score (nSPS) is 12.9. The average molecular weight is 179 g/mol. The van der Waals surface area contributed by atoms with Crippen LogP contribution in [0.15, 0.2) is 12.1 Å². The van der Waals surface area contributed by atoms with Crippen LogP contribution in [0.5, 0.6) is 5.75 Å². The van der Waals surface area contributed by atoms with Crippen molar-refractivity contribution in [2.75, 3.05) is 0 Å². The number of hydrogen-bond acceptors (Lipinski definition) is 2. The SMILES string of the molecule is CC[C@H](N)c1c(C)ccc(C)c1O. The molecule has 0 saturated heterocycles. The molecule has 0 amide bonds. The highest BCUT2D eigenvalue weighted by Crippen LogP contribution is 2.30. The van der Waals surface area contributed by atoms with Crippen LogP contribution in [0.4, 0.5) is 0 Å². The molecule has 1 aromatic rings. The Morgan fingerprint density at radius 2 is 1.85 bits per heavy atom. The lowest BCUT2D eigenvalue weighted by Crippen LogP contribution is -2.10. The molecule has 0 aromatic heterocycles. The Kier molecular flexibility index (Phi) is 2.94. The Hall–Kier alpha value is -1.02. The van der Waals surface area contributed by atoms with E-state index in [2.05, 4.69) is 0 Å². The Balaban J connectivity index is 3.25. The number of aromatic hydroxyl groups is 1. The molecule has 1 aromatic carbocycles. The van der Waals surface area contributed by atoms with Gasteiger partial charge in [-0.25, -0.2) is 0 Å². The minimum Gasteiger partial charge on any atom is -0.507 e. The van der Waals surface area contributed by atoms with Gasteiger partial charge in [-0.15, -0.1) is 0 Å². The predicted molar refractivity (Wildman–Crippen MR) is 54.8 cm³/mol. The number of nitrogens with two attached hydrogens (primary N) is 1. The highest BCUT2D eigenvalue weighted by atomic mass is 16.3. The van der Waals surface area contributed by atoms with Crippen LogP contribution < -0.4 is 5.73 Å². The van der Waals surface area contributed by atoms with Gasteiger partial charge >= 0.3 is 0 Å². The summed E-state index contributed by atoms with van der Waals surface area (Å²) in [6.07, 6.45) is 0.845. The van der Waals surface area contributed by atoms with E-state index in [1.165, 1.54) is 0 Å². The second-order valence-electron chi connectivity index (χ2n) is 3.48. The Morgan fingerprint density at radius 3 is 2.38 bits per heavy atom. The van der Waals surface area contributed by atoms with E-state index in [-0.39, 0.29) is 6.04 Å². The average Bonchev–Trinajstić information content (AvgIpc) is 2.12. The molecule has 0 unspecified atom stereocenters. The van der Waals surface area contributed by atoms with E-state index < -0.39 is 0 Å². The molecule has 0 heterocycles. The van der Waals surface area contributed by atoms with Crippen molar-refractivity contribution in [3.63, 3.8) is 0 Å². The third kappa shape index (κ3) is 1.83. The molecule has 2 nitrogen and oxygen atoms in total. The zero-order chi connectivity index (χ0) is 10.0. The smallest absolute Gasteiger partial charge is 0.123 e. The van der Waals surface area contributed by atoms with Crippen molar-refractivity contribution >= 4 is 0 Å². The molecule has 13 heavy (non-hydrogen) atoms. The molecule has 0 aliphatic rings. The summed E-state index contributed by atoms with van der Waals surface area (Å²) in [4.78, 5) is 0. The highest BCUT2D eigenvalue weighted by molar-refractivity contribution is 5.46. The van der Waals surface area contributed by atoms with Crippen LogP contribution in [-0.2, 0) is 0 Å². The maximum absolute atomic E-state index is 9.80. The lowest BCUT2D eigenvalue weighted by Gasteiger charge is -2.15. The molecule has 1 rings (SSSR count). The summed E-state index contributed by atoms with van der Waals surface area (Å²) >= 11 is 0. The molecular weight excluding hydrogens is 162 g/mol. The minimum absolute atomic E-state index is 0.0556. The summed E-state index contributed by atoms with van der Waals surface area (Å²) in [7, 11) is 0. The van der Waals surface area contributed by atoms with Crippen LogP contribution in [0, 0.1) is 13.8 Å². The molecule has 72 valence electrons. The maximum atomic E-state index is 9.80. The van der Waals surface area contributed by atoms with Gasteiger partial charge in [-0.2, -0.15) is 0 Å². The van der Waals surface area contributed by atoms with Crippen molar-refractivity contribution in [1.82, 2.24) is 0 Å². The third-order valence-electron chi connectivity index (χ3n) is 2.45. The van der Waals surface area contributed by atoms with E-state index >= 15 is 0 Å². The van der Waals surface area contributed by atoms with Gasteiger partial charge in [-0.05, 0) is 31.4 Å². The van der Waals surface area contributed by atoms with Gasteiger partial charge in [0.15, 0.2) is 0 Å². The molecule has 0 fully saturated rings. The Labute approximate surface area is 79.4 Å². The first kappa shape index (κ1) is 10.1. The second kappa shape index (κ2) is 3.79. The number of phenolic OH excluding ortho intramolecular Hbond substituents is 1. The van der Waals surface area contributed by atoms with Crippen molar-refractivity contribution in [3.8, 4) is 5.75 Å². The number of benzene rings is 1. The van der Waals surface area contributed by atoms with E-state index in [4.69, 9.17) is 5.73 Å². The number of rotatable bonds is 2. The van der Waals surface area contributed by atoms with Gasteiger partial charge in [-0.3, -0.25) is 0 Å². The zero-order valence-corrected chi connectivity index (χ0v) is 8.46. The van der Waals surface area contributed by atoms with Crippen molar-refractivity contribution in [1.29, 1.82) is 0 Å². The first-order valence-electron chi connectivity index (χ1n) is 4.62. The summed E-state index contributed by atoms with van der Waals surface area (Å²) < 4.78 is 0. The van der Waals surface area contributed by atoms with Gasteiger partial charge in [0.1, 0.15) is 5.75 Å². The molecule has 2 heteroatoms. The van der Waals surface area contributed by atoms with E-state index in [0.29, 0.717) is 5.75 Å². The second-order valence-corrected chi connectivity index (χ2v) is 3.48. The van der Waals surface area contributed by atoms with Gasteiger partial charge in [0.05, 0.1) is 0 Å². The van der Waals surface area contributed by atoms with Crippen LogP contribution in [-0.4, -0.2) is 5.11 Å². The third-order valence-corrected chi connectivity index (χ3v) is 2.45. The van der Waals surface area contributed by atoms with Crippen molar-refractivity contribution < 1.29 is 5.11 Å². The topological polar surface area (TPSA) is 46.2 Å². The van der Waals surface area contributed by atoms with Gasteiger partial charge in [0.25, 0.3) is 0 Å². The van der Waals surface area contributed by atoms with Crippen molar-refractivity contribution in [3.05, 3.63) is 28.8 Å². The fourth-order valence-electron chi connectivity index (χ4n) is 1.49. The van der Waals surface area contributed by atoms with E-state index in [1.807, 2.05) is 32.9 Å². The lowest BCUT2D eigenvalue weighted by atomic mass is 9.96. The summed E-state index contributed by atoms with van der Waals surface area (Å²) in [5.74, 6) is 0.356. The van der Waals surface area contributed by atoms with Crippen LogP contribution >= 0.6 is 0 Å². The maximum Gasteiger partial charge on any atom is 0.123 e. The van der Waals surface area contributed by atoms with Crippen LogP contribution in [0.1, 0.15) is 36.1 Å². The van der Waals surface area contributed by atoms with E-state index in [9.17, 15) is 5.11 Å². The minimum atomic E-state index is -0.0556. The molecule has 0 spiro atoms. The van der Waals surface area contributed by atoms with E-state index in [1.54, 1.807) is 0 Å². The number of hydrogen-bond donors (Lipinski definition) is 2. The molecule has 3 N–H and O–H groups in total. The van der Waals surface area contributed by atoms with Crippen molar-refractivity contribution in [2.45, 2.75) is 33.2 Å². The quantitative estimate of drug-likeness (QED) is 0.732. The lowest BCUT2D eigenvalue weighted by molar-refractivity contribution is 0.455. The van der Waals surface area contributed by atoms with Gasteiger partial charge in [0.2, 0.25) is 0 Å². The standard InChI is InChI=1S/C11H17NO/c1-4-9(12)10-7(2)5-6-8(3)11(10)13/h5-6,9,13H,4,12H2,1-3H3/t9-/m0/s1. The van der Waals surface area contributed by atoms with E-state index in [0.717, 1.165) is 23.1 Å². The molecule has 0 bridgehead atoms. The number of aryl methyl sites for hydroxylation is 2. The fourth-order valence-corrected chi connectivity index (χ4v) is 1.49. The summed E-state index contributed by atoms with van der Waals surface area (Å²) in [6.45, 7) is 5.89. The van der Waals surface area contributed by atoms with Crippen molar-refractivity contribution in [2.24, 2.45) is 5.73 Å². The molecule has 0 aliphatic carbocycles. The first-order chi connectivity index (χ1) is 6.07. The van der Waals surface area contributed by atoms with Crippen LogP contribution in [0.25, 0.3) is 0 Å². The summed E-state index contributed by atoms with van der Waals surface area (Å²) in [5.41, 5.74) is 8.76. The van der Waals surface area contributed by atoms with Crippen LogP contribution in [0.2, 0.25) is 0 Å². The summed E-state index contributed by atoms with van der Waals surface area (Å²) in [5, 5.41) is 9.80. The molecule has 0 radical (unpaired) electrons. The highest BCUT2D eigenvalue weighted by Gasteiger charge is 2.13. The zero-order valence-electron chi connectivity index (χ0n) is 8.46. The fraction of sp³-hybridized carbons (Fsp3) is 0.455.